The molecule has 1 aliphatic heterocycles. The molecule has 1 heterocycles. The smallest absolute Gasteiger partial charge is 0.282 e. The Bertz CT molecular complexity index is 751. The SMILES string of the molecule is CC(C)N1CC[C@H](C)O[P@]1(=O)[C@H](COCc1ccccc1)c1ccccc1. The molecule has 0 spiro atoms. The Morgan fingerprint density at radius 2 is 1.74 bits per heavy atom. The molecule has 0 N–H and O–H groups in total. The summed E-state index contributed by atoms with van der Waals surface area (Å²) in [4.78, 5) is 0. The fourth-order valence-electron chi connectivity index (χ4n) is 3.57. The van der Waals surface area contributed by atoms with Crippen molar-refractivity contribution < 1.29 is 13.8 Å². The van der Waals surface area contributed by atoms with Gasteiger partial charge in [-0.15, -0.1) is 0 Å². The summed E-state index contributed by atoms with van der Waals surface area (Å²) in [5, 5.41) is 0. The van der Waals surface area contributed by atoms with Gasteiger partial charge in [0, 0.05) is 12.6 Å². The second-order valence-electron chi connectivity index (χ2n) is 7.45. The van der Waals surface area contributed by atoms with Crippen LogP contribution in [-0.4, -0.2) is 30.0 Å². The van der Waals surface area contributed by atoms with E-state index in [1.54, 1.807) is 0 Å². The van der Waals surface area contributed by atoms with E-state index >= 15 is 0 Å². The molecule has 4 nitrogen and oxygen atoms in total. The lowest BCUT2D eigenvalue weighted by Crippen LogP contribution is -2.39. The maximum absolute atomic E-state index is 14.2. The minimum Gasteiger partial charge on any atom is -0.376 e. The van der Waals surface area contributed by atoms with Crippen LogP contribution in [0.5, 0.6) is 0 Å². The molecule has 1 fully saturated rings. The first-order valence-electron chi connectivity index (χ1n) is 9.72. The highest BCUT2D eigenvalue weighted by Crippen LogP contribution is 2.66. The number of ether oxygens (including phenoxy) is 1. The van der Waals surface area contributed by atoms with Crippen molar-refractivity contribution in [3.8, 4) is 0 Å². The van der Waals surface area contributed by atoms with Crippen LogP contribution in [0.25, 0.3) is 0 Å². The lowest BCUT2D eigenvalue weighted by molar-refractivity contribution is 0.0917. The highest BCUT2D eigenvalue weighted by atomic mass is 31.2. The Morgan fingerprint density at radius 3 is 2.37 bits per heavy atom. The normalized spacial score (nSPS) is 24.8. The zero-order valence-corrected chi connectivity index (χ0v) is 17.3. The van der Waals surface area contributed by atoms with E-state index in [4.69, 9.17) is 9.26 Å². The Balaban J connectivity index is 1.85. The van der Waals surface area contributed by atoms with Gasteiger partial charge in [0.05, 0.1) is 25.0 Å². The van der Waals surface area contributed by atoms with Crippen LogP contribution in [0.4, 0.5) is 0 Å². The Labute approximate surface area is 163 Å². The van der Waals surface area contributed by atoms with Crippen LogP contribution in [0.15, 0.2) is 60.7 Å². The quantitative estimate of drug-likeness (QED) is 0.575. The Hall–Kier alpha value is -1.45. The van der Waals surface area contributed by atoms with Crippen molar-refractivity contribution in [2.75, 3.05) is 13.2 Å². The minimum absolute atomic E-state index is 0.00818. The summed E-state index contributed by atoms with van der Waals surface area (Å²) in [6.07, 6.45) is 0.889. The van der Waals surface area contributed by atoms with Gasteiger partial charge in [0.15, 0.2) is 0 Å². The van der Waals surface area contributed by atoms with E-state index in [1.165, 1.54) is 0 Å². The predicted octanol–water partition coefficient (Wildman–Crippen LogP) is 5.66. The molecule has 27 heavy (non-hydrogen) atoms. The molecule has 0 aliphatic carbocycles. The van der Waals surface area contributed by atoms with Gasteiger partial charge >= 0.3 is 0 Å². The molecular formula is C22H30NO3P. The molecule has 2 aromatic rings. The molecule has 2 aromatic carbocycles. The molecule has 0 aromatic heterocycles. The van der Waals surface area contributed by atoms with Crippen LogP contribution >= 0.6 is 7.52 Å². The number of rotatable bonds is 7. The molecule has 0 amide bonds. The first-order valence-corrected chi connectivity index (χ1v) is 11.4. The highest BCUT2D eigenvalue weighted by Gasteiger charge is 2.46. The zero-order chi connectivity index (χ0) is 19.3. The third-order valence-corrected chi connectivity index (χ3v) is 8.29. The molecule has 0 saturated carbocycles. The lowest BCUT2D eigenvalue weighted by atomic mass is 10.1. The van der Waals surface area contributed by atoms with Crippen molar-refractivity contribution >= 4 is 7.52 Å². The van der Waals surface area contributed by atoms with Gasteiger partial charge in [-0.1, -0.05) is 60.7 Å². The van der Waals surface area contributed by atoms with Gasteiger partial charge in [0.1, 0.15) is 0 Å². The van der Waals surface area contributed by atoms with Gasteiger partial charge in [-0.25, -0.2) is 4.67 Å². The summed E-state index contributed by atoms with van der Waals surface area (Å²) in [5.41, 5.74) is 1.82. The number of nitrogens with zero attached hydrogens (tertiary/aromatic N) is 1. The minimum atomic E-state index is -3.08. The van der Waals surface area contributed by atoms with Crippen molar-refractivity contribution in [3.05, 3.63) is 71.8 Å². The van der Waals surface area contributed by atoms with Crippen LogP contribution in [0, 0.1) is 0 Å². The van der Waals surface area contributed by atoms with E-state index in [-0.39, 0.29) is 17.8 Å². The summed E-state index contributed by atoms with van der Waals surface area (Å²) < 4.78 is 28.4. The first kappa shape index (κ1) is 20.3. The van der Waals surface area contributed by atoms with E-state index in [1.807, 2.05) is 67.6 Å². The van der Waals surface area contributed by atoms with Crippen molar-refractivity contribution in [2.24, 2.45) is 0 Å². The van der Waals surface area contributed by atoms with Crippen LogP contribution in [0.3, 0.4) is 0 Å². The van der Waals surface area contributed by atoms with Crippen LogP contribution in [0.2, 0.25) is 0 Å². The van der Waals surface area contributed by atoms with E-state index in [2.05, 4.69) is 18.5 Å². The topological polar surface area (TPSA) is 38.8 Å². The fraction of sp³-hybridized carbons (Fsp3) is 0.455. The molecule has 0 radical (unpaired) electrons. The average Bonchev–Trinajstić information content (AvgIpc) is 2.66. The summed E-state index contributed by atoms with van der Waals surface area (Å²) in [6.45, 7) is 7.83. The number of benzene rings is 2. The Kier molecular flexibility index (Phi) is 6.88. The van der Waals surface area contributed by atoms with Crippen molar-refractivity contribution in [3.63, 3.8) is 0 Å². The molecule has 3 atom stereocenters. The third-order valence-electron chi connectivity index (χ3n) is 5.02. The lowest BCUT2D eigenvalue weighted by Gasteiger charge is -2.43. The van der Waals surface area contributed by atoms with Gasteiger partial charge in [0.25, 0.3) is 7.52 Å². The number of hydrogen-bond acceptors (Lipinski definition) is 3. The van der Waals surface area contributed by atoms with Gasteiger partial charge in [-0.05, 0) is 38.3 Å². The fourth-order valence-corrected chi connectivity index (χ4v) is 6.70. The largest absolute Gasteiger partial charge is 0.376 e. The van der Waals surface area contributed by atoms with Gasteiger partial charge in [-0.2, -0.15) is 0 Å². The second kappa shape index (κ2) is 9.16. The summed E-state index contributed by atoms with van der Waals surface area (Å²) >= 11 is 0. The van der Waals surface area contributed by atoms with Crippen LogP contribution in [0.1, 0.15) is 44.0 Å². The van der Waals surface area contributed by atoms with Crippen molar-refractivity contribution in [1.82, 2.24) is 4.67 Å². The maximum atomic E-state index is 14.2. The highest BCUT2D eigenvalue weighted by molar-refractivity contribution is 7.57. The Morgan fingerprint density at radius 1 is 1.11 bits per heavy atom. The molecule has 1 aliphatic rings. The maximum Gasteiger partial charge on any atom is 0.282 e. The molecular weight excluding hydrogens is 357 g/mol. The molecule has 0 unspecified atom stereocenters. The molecule has 3 rings (SSSR count). The molecule has 146 valence electrons. The first-order chi connectivity index (χ1) is 13.0. The van der Waals surface area contributed by atoms with Crippen LogP contribution in [-0.2, 0) is 20.4 Å². The second-order valence-corrected chi connectivity index (χ2v) is 9.93. The van der Waals surface area contributed by atoms with Crippen molar-refractivity contribution in [2.45, 2.75) is 51.6 Å². The number of hydrogen-bond donors (Lipinski definition) is 0. The zero-order valence-electron chi connectivity index (χ0n) is 16.5. The van der Waals surface area contributed by atoms with E-state index in [0.29, 0.717) is 13.2 Å². The summed E-state index contributed by atoms with van der Waals surface area (Å²) in [6, 6.07) is 20.2. The average molecular weight is 387 g/mol. The monoisotopic (exact) mass is 387 g/mol. The third kappa shape index (κ3) is 4.89. The summed E-state index contributed by atoms with van der Waals surface area (Å²) in [7, 11) is -3.08. The van der Waals surface area contributed by atoms with E-state index in [0.717, 1.165) is 24.1 Å². The van der Waals surface area contributed by atoms with Crippen LogP contribution < -0.4 is 0 Å². The predicted molar refractivity (Wildman–Crippen MR) is 110 cm³/mol. The molecule has 0 bridgehead atoms. The van der Waals surface area contributed by atoms with Gasteiger partial charge < -0.3 is 9.26 Å². The van der Waals surface area contributed by atoms with E-state index in [9.17, 15) is 4.57 Å². The van der Waals surface area contributed by atoms with Crippen molar-refractivity contribution in [1.29, 1.82) is 0 Å². The van der Waals surface area contributed by atoms with Gasteiger partial charge in [-0.3, -0.25) is 4.57 Å². The van der Waals surface area contributed by atoms with E-state index < -0.39 is 7.52 Å². The molecule has 5 heteroatoms. The summed E-state index contributed by atoms with van der Waals surface area (Å²) in [5.74, 6) is 0. The standard InChI is InChI=1S/C22H30NO3P/c1-18(2)23-15-14-19(3)26-27(23,24)22(21-12-8-5-9-13-21)17-25-16-20-10-6-4-7-11-20/h4-13,18-19,22H,14-17H2,1-3H3/t19-,22+,27+/m0/s1. The molecule has 1 saturated heterocycles. The van der Waals surface area contributed by atoms with Gasteiger partial charge in [0.2, 0.25) is 0 Å².